The second-order valence-corrected chi connectivity index (χ2v) is 5.16. The van der Waals surface area contributed by atoms with E-state index in [-0.39, 0.29) is 5.84 Å². The van der Waals surface area contributed by atoms with Crippen LogP contribution in [0.4, 0.5) is 0 Å². The molecule has 3 N–H and O–H groups in total. The van der Waals surface area contributed by atoms with Gasteiger partial charge in [0.25, 0.3) is 0 Å². The number of ether oxygens (including phenoxy) is 1. The van der Waals surface area contributed by atoms with Gasteiger partial charge in [-0.1, -0.05) is 16.8 Å². The van der Waals surface area contributed by atoms with E-state index in [2.05, 4.69) is 10.1 Å². The van der Waals surface area contributed by atoms with Crippen LogP contribution in [0.3, 0.4) is 0 Å². The summed E-state index contributed by atoms with van der Waals surface area (Å²) in [5.74, 6) is 1.10. The molecule has 0 fully saturated rings. The van der Waals surface area contributed by atoms with Crippen molar-refractivity contribution in [3.63, 3.8) is 0 Å². The summed E-state index contributed by atoms with van der Waals surface area (Å²) in [6.07, 6.45) is 0. The third kappa shape index (κ3) is 3.25. The van der Waals surface area contributed by atoms with Gasteiger partial charge in [0.05, 0.1) is 11.3 Å². The Bertz CT molecular complexity index is 714. The molecule has 2 aromatic rings. The van der Waals surface area contributed by atoms with Gasteiger partial charge in [0.15, 0.2) is 5.84 Å². The molecule has 5 nitrogen and oxygen atoms in total. The number of aryl methyl sites for hydroxylation is 3. The lowest BCUT2D eigenvalue weighted by Crippen LogP contribution is -2.17. The van der Waals surface area contributed by atoms with Crippen LogP contribution < -0.4 is 10.5 Å². The van der Waals surface area contributed by atoms with Gasteiger partial charge in [-0.2, -0.15) is 0 Å². The Balaban J connectivity index is 2.53. The van der Waals surface area contributed by atoms with E-state index in [0.717, 1.165) is 11.3 Å². The van der Waals surface area contributed by atoms with Gasteiger partial charge >= 0.3 is 0 Å². The number of aromatic nitrogens is 1. The lowest BCUT2D eigenvalue weighted by molar-refractivity contribution is 0.318. The van der Waals surface area contributed by atoms with Crippen LogP contribution in [0.5, 0.6) is 11.5 Å². The van der Waals surface area contributed by atoms with E-state index < -0.39 is 0 Å². The van der Waals surface area contributed by atoms with E-state index in [0.29, 0.717) is 27.8 Å². The first-order valence-electron chi connectivity index (χ1n) is 6.32. The molecule has 1 aromatic heterocycles. The van der Waals surface area contributed by atoms with Gasteiger partial charge in [0.2, 0.25) is 0 Å². The number of hydrogen-bond acceptors (Lipinski definition) is 4. The van der Waals surface area contributed by atoms with Gasteiger partial charge < -0.3 is 15.7 Å². The Kier molecular flexibility index (Phi) is 4.33. The fraction of sp³-hybridized carbons (Fsp3) is 0.200. The molecule has 21 heavy (non-hydrogen) atoms. The van der Waals surface area contributed by atoms with E-state index in [1.54, 1.807) is 31.2 Å². The number of hydrogen-bond donors (Lipinski definition) is 2. The first-order valence-corrected chi connectivity index (χ1v) is 6.70. The maximum atomic E-state index is 8.93. The average Bonchev–Trinajstić information content (AvgIpc) is 2.40. The van der Waals surface area contributed by atoms with Crippen molar-refractivity contribution < 1.29 is 9.94 Å². The smallest absolute Gasteiger partial charge is 0.175 e. The quantitative estimate of drug-likeness (QED) is 0.393. The molecule has 2 rings (SSSR count). The number of amidine groups is 1. The fourth-order valence-electron chi connectivity index (χ4n) is 2.08. The monoisotopic (exact) mass is 305 g/mol. The molecule has 0 aliphatic rings. The van der Waals surface area contributed by atoms with Crippen molar-refractivity contribution in [3.05, 3.63) is 51.8 Å². The number of nitrogens with zero attached hydrogens (tertiary/aromatic N) is 2. The molecule has 0 saturated carbocycles. The minimum Gasteiger partial charge on any atom is -0.456 e. The van der Waals surface area contributed by atoms with Gasteiger partial charge in [-0.15, -0.1) is 0 Å². The van der Waals surface area contributed by atoms with Crippen molar-refractivity contribution in [1.29, 1.82) is 0 Å². The normalized spacial score (nSPS) is 11.5. The second-order valence-electron chi connectivity index (χ2n) is 4.72. The first-order chi connectivity index (χ1) is 9.92. The zero-order valence-electron chi connectivity index (χ0n) is 12.0. The highest BCUT2D eigenvalue weighted by Crippen LogP contribution is 2.31. The van der Waals surface area contributed by atoms with Gasteiger partial charge in [-0.3, -0.25) is 4.98 Å². The van der Waals surface area contributed by atoms with E-state index in [1.807, 2.05) is 13.8 Å². The zero-order valence-corrected chi connectivity index (χ0v) is 12.8. The highest BCUT2D eigenvalue weighted by Gasteiger charge is 2.15. The third-order valence-electron chi connectivity index (χ3n) is 3.01. The molecule has 110 valence electrons. The van der Waals surface area contributed by atoms with Crippen LogP contribution in [-0.2, 0) is 0 Å². The van der Waals surface area contributed by atoms with Crippen LogP contribution in [0, 0.1) is 20.8 Å². The fourth-order valence-corrected chi connectivity index (χ4v) is 2.31. The number of nitrogens with two attached hydrogens (primary N) is 1. The SMILES string of the molecule is Cc1cc(Oc2ccc(Cl)cc2C)c(/C(N)=N/O)c(C)n1. The van der Waals surface area contributed by atoms with Crippen molar-refractivity contribution in [3.8, 4) is 11.5 Å². The number of pyridine rings is 1. The molecule has 0 aliphatic heterocycles. The number of benzene rings is 1. The van der Waals surface area contributed by atoms with Crippen LogP contribution in [0.15, 0.2) is 29.4 Å². The molecular weight excluding hydrogens is 290 g/mol. The molecule has 1 aromatic carbocycles. The van der Waals surface area contributed by atoms with Crippen molar-refractivity contribution in [2.24, 2.45) is 10.9 Å². The molecule has 0 saturated heterocycles. The van der Waals surface area contributed by atoms with Crippen molar-refractivity contribution in [1.82, 2.24) is 4.98 Å². The maximum absolute atomic E-state index is 8.93. The predicted octanol–water partition coefficient (Wildman–Crippen LogP) is 3.55. The van der Waals surface area contributed by atoms with E-state index >= 15 is 0 Å². The van der Waals surface area contributed by atoms with Crippen LogP contribution in [0.1, 0.15) is 22.5 Å². The number of rotatable bonds is 3. The highest BCUT2D eigenvalue weighted by molar-refractivity contribution is 6.30. The second kappa shape index (κ2) is 6.01. The largest absolute Gasteiger partial charge is 0.456 e. The molecule has 1 heterocycles. The Morgan fingerprint density at radius 3 is 2.57 bits per heavy atom. The Morgan fingerprint density at radius 1 is 1.24 bits per heavy atom. The summed E-state index contributed by atoms with van der Waals surface area (Å²) in [4.78, 5) is 4.31. The zero-order chi connectivity index (χ0) is 15.6. The minimum atomic E-state index is -0.0402. The predicted molar refractivity (Wildman–Crippen MR) is 82.5 cm³/mol. The number of oxime groups is 1. The standard InChI is InChI=1S/C15H16ClN3O2/c1-8-6-11(16)4-5-12(8)21-13-7-9(2)18-10(3)14(13)15(17)19-20/h4-7,20H,1-3H3,(H2,17,19). The molecule has 0 radical (unpaired) electrons. The van der Waals surface area contributed by atoms with Crippen molar-refractivity contribution in [2.45, 2.75) is 20.8 Å². The van der Waals surface area contributed by atoms with Crippen LogP contribution in [0.25, 0.3) is 0 Å². The average molecular weight is 306 g/mol. The van der Waals surface area contributed by atoms with Gasteiger partial charge in [-0.25, -0.2) is 0 Å². The summed E-state index contributed by atoms with van der Waals surface area (Å²) in [7, 11) is 0. The topological polar surface area (TPSA) is 80.7 Å². The van der Waals surface area contributed by atoms with Crippen LogP contribution >= 0.6 is 11.6 Å². The summed E-state index contributed by atoms with van der Waals surface area (Å²) in [6.45, 7) is 5.53. The molecule has 0 atom stereocenters. The lowest BCUT2D eigenvalue weighted by atomic mass is 10.1. The van der Waals surface area contributed by atoms with Crippen molar-refractivity contribution >= 4 is 17.4 Å². The third-order valence-corrected chi connectivity index (χ3v) is 3.25. The molecular formula is C15H16ClN3O2. The summed E-state index contributed by atoms with van der Waals surface area (Å²) >= 11 is 5.94. The van der Waals surface area contributed by atoms with E-state index in [4.69, 9.17) is 27.3 Å². The Labute approximate surface area is 128 Å². The van der Waals surface area contributed by atoms with Gasteiger partial charge in [-0.05, 0) is 44.5 Å². The summed E-state index contributed by atoms with van der Waals surface area (Å²) < 4.78 is 5.91. The Morgan fingerprint density at radius 2 is 1.95 bits per heavy atom. The van der Waals surface area contributed by atoms with Crippen LogP contribution in [0.2, 0.25) is 5.02 Å². The van der Waals surface area contributed by atoms with Gasteiger partial charge in [0, 0.05) is 16.8 Å². The number of halogens is 1. The van der Waals surface area contributed by atoms with Crippen molar-refractivity contribution in [2.75, 3.05) is 0 Å². The summed E-state index contributed by atoms with van der Waals surface area (Å²) in [5.41, 5.74) is 8.49. The summed E-state index contributed by atoms with van der Waals surface area (Å²) in [6, 6.07) is 7.07. The molecule has 0 unspecified atom stereocenters. The summed E-state index contributed by atoms with van der Waals surface area (Å²) in [5, 5.41) is 12.6. The van der Waals surface area contributed by atoms with E-state index in [9.17, 15) is 0 Å². The van der Waals surface area contributed by atoms with Crippen LogP contribution in [-0.4, -0.2) is 16.0 Å². The lowest BCUT2D eigenvalue weighted by Gasteiger charge is -2.14. The molecule has 0 amide bonds. The van der Waals surface area contributed by atoms with E-state index in [1.165, 1.54) is 0 Å². The molecule has 0 bridgehead atoms. The highest BCUT2D eigenvalue weighted by atomic mass is 35.5. The molecule has 6 heteroatoms. The molecule has 0 aliphatic carbocycles. The first kappa shape index (κ1) is 15.1. The maximum Gasteiger partial charge on any atom is 0.175 e. The van der Waals surface area contributed by atoms with Gasteiger partial charge in [0.1, 0.15) is 11.5 Å². The Hall–Kier alpha value is -2.27. The minimum absolute atomic E-state index is 0.0402. The molecule has 0 spiro atoms.